The van der Waals surface area contributed by atoms with Gasteiger partial charge >= 0.3 is 11.9 Å². The third kappa shape index (κ3) is 9.56. The number of hydrogen-bond acceptors (Lipinski definition) is 7. The molecule has 2 aliphatic rings. The third-order valence-electron chi connectivity index (χ3n) is 11.0. The first kappa shape index (κ1) is 40.6. The molecule has 2 saturated carbocycles. The molecular formula is C47H52N2O6. The summed E-state index contributed by atoms with van der Waals surface area (Å²) in [5.41, 5.74) is 2.82. The highest BCUT2D eigenvalue weighted by Crippen LogP contribution is 2.50. The molecule has 0 spiro atoms. The van der Waals surface area contributed by atoms with Crippen molar-refractivity contribution in [3.05, 3.63) is 103 Å². The van der Waals surface area contributed by atoms with Gasteiger partial charge in [0.05, 0.1) is 25.4 Å². The Kier molecular flexibility index (Phi) is 13.7. The number of esters is 1. The fraction of sp³-hybridized carbons (Fsp3) is 0.404. The minimum absolute atomic E-state index is 0.158. The molecule has 55 heavy (non-hydrogen) atoms. The Morgan fingerprint density at radius 2 is 1.22 bits per heavy atom. The molecule has 0 saturated heterocycles. The Balaban J connectivity index is 0.000000211. The van der Waals surface area contributed by atoms with Crippen molar-refractivity contribution in [2.75, 3.05) is 13.2 Å². The van der Waals surface area contributed by atoms with Crippen molar-refractivity contribution in [2.24, 2.45) is 22.7 Å². The van der Waals surface area contributed by atoms with Gasteiger partial charge in [0.1, 0.15) is 17.2 Å². The molecule has 0 aromatic heterocycles. The summed E-state index contributed by atoms with van der Waals surface area (Å²) in [7, 11) is 0. The zero-order valence-corrected chi connectivity index (χ0v) is 32.4. The zero-order valence-electron chi connectivity index (χ0n) is 32.4. The number of carbonyl (C=O) groups excluding carboxylic acids is 1. The lowest BCUT2D eigenvalue weighted by Crippen LogP contribution is -2.42. The lowest BCUT2D eigenvalue weighted by atomic mass is 9.60. The van der Waals surface area contributed by atoms with Crippen LogP contribution in [0, 0.1) is 45.3 Å². The average Bonchev–Trinajstić information content (AvgIpc) is 3.21. The van der Waals surface area contributed by atoms with Gasteiger partial charge < -0.3 is 19.3 Å². The van der Waals surface area contributed by atoms with E-state index in [2.05, 4.69) is 32.9 Å². The lowest BCUT2D eigenvalue weighted by Gasteiger charge is -2.40. The SMILES string of the molecule is CCCOc1ccc(-c2ccc(C3C(C)CCCC3(C#N)C(=O)O)cc2)cc1.CCOc1ccc(-c2ccc(OC(=O)C3(C#N)CCCC(C)C3)cc2)cc1. The van der Waals surface area contributed by atoms with E-state index in [-0.39, 0.29) is 11.8 Å². The van der Waals surface area contributed by atoms with E-state index < -0.39 is 22.8 Å². The summed E-state index contributed by atoms with van der Waals surface area (Å²) >= 11 is 0. The van der Waals surface area contributed by atoms with E-state index in [4.69, 9.17) is 14.2 Å². The molecule has 1 N–H and O–H groups in total. The van der Waals surface area contributed by atoms with Gasteiger partial charge in [-0.3, -0.25) is 4.79 Å². The number of aliphatic carboxylic acids is 1. The summed E-state index contributed by atoms with van der Waals surface area (Å²) in [6.45, 7) is 9.53. The van der Waals surface area contributed by atoms with E-state index in [0.717, 1.165) is 71.4 Å². The molecule has 0 heterocycles. The van der Waals surface area contributed by atoms with Crippen LogP contribution in [0.15, 0.2) is 97.1 Å². The van der Waals surface area contributed by atoms with Crippen molar-refractivity contribution in [2.45, 2.75) is 85.0 Å². The zero-order chi connectivity index (χ0) is 39.4. The minimum Gasteiger partial charge on any atom is -0.494 e. The van der Waals surface area contributed by atoms with Crippen LogP contribution in [-0.4, -0.2) is 30.3 Å². The number of nitriles is 2. The maximum Gasteiger partial charge on any atom is 0.331 e. The van der Waals surface area contributed by atoms with Crippen LogP contribution in [0.4, 0.5) is 0 Å². The Labute approximate surface area is 325 Å². The van der Waals surface area contributed by atoms with Crippen molar-refractivity contribution >= 4 is 11.9 Å². The van der Waals surface area contributed by atoms with Gasteiger partial charge in [0.15, 0.2) is 10.8 Å². The quantitative estimate of drug-likeness (QED) is 0.119. The fourth-order valence-electron chi connectivity index (χ4n) is 8.10. The normalized spacial score (nSPS) is 23.1. The minimum atomic E-state index is -1.34. The number of hydrogen-bond donors (Lipinski definition) is 1. The number of carboxylic acid groups (broad SMARTS) is 1. The Hall–Kier alpha value is -5.60. The van der Waals surface area contributed by atoms with Gasteiger partial charge in [-0.2, -0.15) is 10.5 Å². The van der Waals surface area contributed by atoms with Crippen LogP contribution in [0.5, 0.6) is 17.2 Å². The van der Waals surface area contributed by atoms with Crippen LogP contribution in [0.25, 0.3) is 22.3 Å². The predicted molar refractivity (Wildman–Crippen MR) is 213 cm³/mol. The van der Waals surface area contributed by atoms with Crippen LogP contribution in [0.2, 0.25) is 0 Å². The Bertz CT molecular complexity index is 1960. The molecule has 6 rings (SSSR count). The molecule has 0 radical (unpaired) electrons. The molecule has 5 unspecified atom stereocenters. The molecule has 286 valence electrons. The van der Waals surface area contributed by atoms with E-state index in [1.54, 1.807) is 12.1 Å². The van der Waals surface area contributed by atoms with Gasteiger partial charge in [-0.05, 0) is 115 Å². The van der Waals surface area contributed by atoms with Crippen LogP contribution in [-0.2, 0) is 9.59 Å². The molecule has 5 atom stereocenters. The summed E-state index contributed by atoms with van der Waals surface area (Å²) in [6.07, 6.45) is 6.22. The Morgan fingerprint density at radius 3 is 1.69 bits per heavy atom. The molecule has 4 aromatic carbocycles. The van der Waals surface area contributed by atoms with E-state index in [1.165, 1.54) is 0 Å². The first-order valence-corrected chi connectivity index (χ1v) is 19.5. The summed E-state index contributed by atoms with van der Waals surface area (Å²) < 4.78 is 16.6. The highest BCUT2D eigenvalue weighted by Gasteiger charge is 2.51. The molecular weight excluding hydrogens is 689 g/mol. The van der Waals surface area contributed by atoms with Crippen molar-refractivity contribution in [3.63, 3.8) is 0 Å². The summed E-state index contributed by atoms with van der Waals surface area (Å²) in [4.78, 5) is 24.7. The van der Waals surface area contributed by atoms with Crippen molar-refractivity contribution < 1.29 is 28.9 Å². The first-order valence-electron chi connectivity index (χ1n) is 19.5. The lowest BCUT2D eigenvalue weighted by molar-refractivity contribution is -0.149. The number of carboxylic acids is 1. The second-order valence-electron chi connectivity index (χ2n) is 15.0. The smallest absolute Gasteiger partial charge is 0.331 e. The third-order valence-corrected chi connectivity index (χ3v) is 11.0. The maximum absolute atomic E-state index is 12.7. The van der Waals surface area contributed by atoms with Crippen molar-refractivity contribution in [1.29, 1.82) is 10.5 Å². The summed E-state index contributed by atoms with van der Waals surface area (Å²) in [5.74, 6) is 0.987. The molecule has 4 aromatic rings. The maximum atomic E-state index is 12.7. The number of benzene rings is 4. The standard InChI is InChI=1S/C24H27NO3.C23H25NO3/c1-3-15-28-21-12-10-19(11-13-21)18-6-8-20(9-7-18)22-17(2)5-4-14-24(22,16-25)23(26)27;1-3-26-20-10-6-18(7-11-20)19-8-12-21(13-9-19)27-22(25)23(16-24)14-4-5-17(2)15-23/h6-13,17,22H,3-5,14-15H2,1-2H3,(H,26,27);6-13,17H,3-5,14-15H2,1-2H3. The molecule has 0 bridgehead atoms. The topological polar surface area (TPSA) is 130 Å². The van der Waals surface area contributed by atoms with E-state index in [1.807, 2.05) is 91.9 Å². The summed E-state index contributed by atoms with van der Waals surface area (Å²) in [5, 5.41) is 29.2. The molecule has 2 fully saturated rings. The van der Waals surface area contributed by atoms with Gasteiger partial charge in [0, 0.05) is 5.92 Å². The highest BCUT2D eigenvalue weighted by atomic mass is 16.5. The number of nitrogens with zero attached hydrogens (tertiary/aromatic N) is 2. The molecule has 8 heteroatoms. The van der Waals surface area contributed by atoms with E-state index in [9.17, 15) is 25.2 Å². The first-order chi connectivity index (χ1) is 26.6. The number of carbonyl (C=O) groups is 2. The van der Waals surface area contributed by atoms with Gasteiger partial charge in [-0.1, -0.05) is 101 Å². The number of ether oxygens (including phenoxy) is 3. The molecule has 0 aliphatic heterocycles. The highest BCUT2D eigenvalue weighted by molar-refractivity contribution is 5.82. The van der Waals surface area contributed by atoms with Crippen LogP contribution in [0.3, 0.4) is 0 Å². The van der Waals surface area contributed by atoms with Gasteiger partial charge in [0.2, 0.25) is 0 Å². The summed E-state index contributed by atoms with van der Waals surface area (Å²) in [6, 6.07) is 35.6. The predicted octanol–water partition coefficient (Wildman–Crippen LogP) is 11.0. The molecule has 2 aliphatic carbocycles. The van der Waals surface area contributed by atoms with Gasteiger partial charge in [0.25, 0.3) is 0 Å². The van der Waals surface area contributed by atoms with Crippen LogP contribution in [0.1, 0.15) is 90.5 Å². The van der Waals surface area contributed by atoms with Crippen molar-refractivity contribution in [3.8, 4) is 51.6 Å². The van der Waals surface area contributed by atoms with Gasteiger partial charge in [-0.15, -0.1) is 0 Å². The van der Waals surface area contributed by atoms with E-state index in [0.29, 0.717) is 44.1 Å². The van der Waals surface area contributed by atoms with E-state index >= 15 is 0 Å². The van der Waals surface area contributed by atoms with Crippen molar-refractivity contribution in [1.82, 2.24) is 0 Å². The monoisotopic (exact) mass is 740 g/mol. The van der Waals surface area contributed by atoms with Crippen LogP contribution < -0.4 is 14.2 Å². The second-order valence-corrected chi connectivity index (χ2v) is 15.0. The number of rotatable bonds is 11. The second kappa shape index (κ2) is 18.6. The fourth-order valence-corrected chi connectivity index (χ4v) is 8.10. The van der Waals surface area contributed by atoms with Gasteiger partial charge in [-0.25, -0.2) is 4.79 Å². The largest absolute Gasteiger partial charge is 0.494 e. The van der Waals surface area contributed by atoms with Crippen LogP contribution >= 0.6 is 0 Å². The molecule has 0 amide bonds. The molecule has 8 nitrogen and oxygen atoms in total. The average molecular weight is 741 g/mol. The Morgan fingerprint density at radius 1 is 0.709 bits per heavy atom.